The maximum absolute atomic E-state index is 4.46. The summed E-state index contributed by atoms with van der Waals surface area (Å²) in [6.45, 7) is 7.06. The average Bonchev–Trinajstić information content (AvgIpc) is 2.53. The number of aryl methyl sites for hydroxylation is 2. The molecule has 1 aromatic carbocycles. The molecule has 1 aliphatic heterocycles. The molecule has 1 N–H and O–H groups in total. The van der Waals surface area contributed by atoms with E-state index in [-0.39, 0.29) is 0 Å². The van der Waals surface area contributed by atoms with Crippen LogP contribution in [0.5, 0.6) is 0 Å². The highest BCUT2D eigenvalue weighted by atomic mass is 15.1. The van der Waals surface area contributed by atoms with E-state index in [1.807, 2.05) is 19.9 Å². The fourth-order valence-electron chi connectivity index (χ4n) is 3.10. The van der Waals surface area contributed by atoms with Crippen molar-refractivity contribution >= 4 is 11.5 Å². The second-order valence-electron chi connectivity index (χ2n) is 5.97. The predicted octanol–water partition coefficient (Wildman–Crippen LogP) is 3.70. The minimum absolute atomic E-state index is 0.794. The van der Waals surface area contributed by atoms with Crippen LogP contribution in [-0.4, -0.2) is 23.1 Å². The summed E-state index contributed by atoms with van der Waals surface area (Å²) >= 11 is 0. The molecule has 2 aromatic rings. The van der Waals surface area contributed by atoms with E-state index in [0.29, 0.717) is 0 Å². The van der Waals surface area contributed by atoms with Crippen LogP contribution in [0.25, 0.3) is 0 Å². The summed E-state index contributed by atoms with van der Waals surface area (Å²) in [5.41, 5.74) is 3.69. The van der Waals surface area contributed by atoms with Gasteiger partial charge in [-0.05, 0) is 44.7 Å². The lowest BCUT2D eigenvalue weighted by atomic mass is 10.1. The molecule has 0 amide bonds. The molecule has 4 heteroatoms. The lowest BCUT2D eigenvalue weighted by Crippen LogP contribution is -2.30. The molecule has 0 spiro atoms. The van der Waals surface area contributed by atoms with Crippen molar-refractivity contribution in [2.24, 2.45) is 0 Å². The van der Waals surface area contributed by atoms with Gasteiger partial charge in [0.05, 0.1) is 0 Å². The predicted molar refractivity (Wildman–Crippen MR) is 91.3 cm³/mol. The van der Waals surface area contributed by atoms with Crippen molar-refractivity contribution in [3.8, 4) is 0 Å². The molecule has 0 bridgehead atoms. The van der Waals surface area contributed by atoms with Crippen molar-refractivity contribution in [1.29, 1.82) is 0 Å². The van der Waals surface area contributed by atoms with Crippen LogP contribution in [0.3, 0.4) is 0 Å². The van der Waals surface area contributed by atoms with Crippen molar-refractivity contribution in [3.05, 3.63) is 47.4 Å². The number of benzene rings is 1. The number of nitrogens with zero attached hydrogens (tertiary/aromatic N) is 3. The van der Waals surface area contributed by atoms with Crippen molar-refractivity contribution < 1.29 is 0 Å². The zero-order valence-corrected chi connectivity index (χ0v) is 13.5. The van der Waals surface area contributed by atoms with Gasteiger partial charge in [-0.15, -0.1) is 0 Å². The number of piperidine rings is 1. The Balaban J connectivity index is 1.74. The Kier molecular flexibility index (Phi) is 4.56. The van der Waals surface area contributed by atoms with Gasteiger partial charge in [0.2, 0.25) is 0 Å². The fraction of sp³-hybridized carbons (Fsp3) is 0.444. The van der Waals surface area contributed by atoms with Crippen molar-refractivity contribution in [1.82, 2.24) is 9.97 Å². The van der Waals surface area contributed by atoms with Crippen LogP contribution in [0.4, 0.5) is 11.5 Å². The molecule has 3 rings (SSSR count). The summed E-state index contributed by atoms with van der Waals surface area (Å²) in [7, 11) is 0. The molecular weight excluding hydrogens is 272 g/mol. The lowest BCUT2D eigenvalue weighted by molar-refractivity contribution is 0.576. The van der Waals surface area contributed by atoms with Crippen LogP contribution in [0.15, 0.2) is 30.3 Å². The van der Waals surface area contributed by atoms with E-state index in [9.17, 15) is 0 Å². The van der Waals surface area contributed by atoms with Crippen LogP contribution < -0.4 is 10.2 Å². The highest BCUT2D eigenvalue weighted by Crippen LogP contribution is 2.24. The Morgan fingerprint density at radius 1 is 1.05 bits per heavy atom. The van der Waals surface area contributed by atoms with Crippen molar-refractivity contribution in [2.75, 3.05) is 23.3 Å². The largest absolute Gasteiger partial charge is 0.371 e. The fourth-order valence-corrected chi connectivity index (χ4v) is 3.10. The summed E-state index contributed by atoms with van der Waals surface area (Å²) in [5.74, 6) is 1.71. The zero-order valence-electron chi connectivity index (χ0n) is 13.5. The van der Waals surface area contributed by atoms with Gasteiger partial charge in [-0.2, -0.15) is 0 Å². The molecule has 1 fully saturated rings. The summed E-state index contributed by atoms with van der Waals surface area (Å²) in [6, 6.07) is 10.7. The quantitative estimate of drug-likeness (QED) is 0.934. The van der Waals surface area contributed by atoms with E-state index in [0.717, 1.165) is 23.9 Å². The van der Waals surface area contributed by atoms with Gasteiger partial charge in [0, 0.05) is 37.1 Å². The van der Waals surface area contributed by atoms with Crippen LogP contribution in [0.1, 0.15) is 36.3 Å². The zero-order chi connectivity index (χ0) is 15.4. The normalized spacial score (nSPS) is 14.9. The molecular formula is C18H24N4. The van der Waals surface area contributed by atoms with Gasteiger partial charge in [0.15, 0.2) is 0 Å². The Morgan fingerprint density at radius 2 is 1.82 bits per heavy atom. The maximum atomic E-state index is 4.46. The third-order valence-corrected chi connectivity index (χ3v) is 4.11. The van der Waals surface area contributed by atoms with Crippen LogP contribution >= 0.6 is 0 Å². The number of hydrogen-bond acceptors (Lipinski definition) is 4. The molecule has 0 atom stereocenters. The van der Waals surface area contributed by atoms with Gasteiger partial charge < -0.3 is 10.2 Å². The summed E-state index contributed by atoms with van der Waals surface area (Å²) in [6.07, 6.45) is 3.95. The van der Waals surface area contributed by atoms with E-state index >= 15 is 0 Å². The molecule has 0 radical (unpaired) electrons. The first-order valence-electron chi connectivity index (χ1n) is 8.11. The molecule has 1 saturated heterocycles. The third kappa shape index (κ3) is 3.56. The second kappa shape index (κ2) is 6.77. The lowest BCUT2D eigenvalue weighted by Gasteiger charge is -2.30. The van der Waals surface area contributed by atoms with Crippen molar-refractivity contribution in [2.45, 2.75) is 39.7 Å². The number of nitrogens with one attached hydrogen (secondary N) is 1. The maximum Gasteiger partial charge on any atom is 0.130 e. The van der Waals surface area contributed by atoms with E-state index in [2.05, 4.69) is 44.5 Å². The van der Waals surface area contributed by atoms with Gasteiger partial charge in [-0.1, -0.05) is 18.2 Å². The third-order valence-electron chi connectivity index (χ3n) is 4.11. The molecule has 22 heavy (non-hydrogen) atoms. The van der Waals surface area contributed by atoms with Gasteiger partial charge in [-0.25, -0.2) is 9.97 Å². The van der Waals surface area contributed by atoms with Crippen LogP contribution in [-0.2, 0) is 6.54 Å². The number of aromatic nitrogens is 2. The molecule has 0 unspecified atom stereocenters. The van der Waals surface area contributed by atoms with E-state index in [4.69, 9.17) is 0 Å². The van der Waals surface area contributed by atoms with Crippen LogP contribution in [0, 0.1) is 13.8 Å². The van der Waals surface area contributed by atoms with E-state index < -0.39 is 0 Å². The molecule has 0 saturated carbocycles. The monoisotopic (exact) mass is 296 g/mol. The average molecular weight is 296 g/mol. The Bertz CT molecular complexity index is 612. The topological polar surface area (TPSA) is 41.0 Å². The number of rotatable bonds is 4. The van der Waals surface area contributed by atoms with Crippen molar-refractivity contribution in [3.63, 3.8) is 0 Å². The molecule has 4 nitrogen and oxygen atoms in total. The highest BCUT2D eigenvalue weighted by molar-refractivity contribution is 5.55. The molecule has 1 aromatic heterocycles. The first kappa shape index (κ1) is 14.8. The Labute approximate surface area is 132 Å². The molecule has 0 aliphatic carbocycles. The number of para-hydroxylation sites is 1. The molecule has 2 heterocycles. The highest BCUT2D eigenvalue weighted by Gasteiger charge is 2.13. The van der Waals surface area contributed by atoms with Gasteiger partial charge in [0.25, 0.3) is 0 Å². The standard InChI is InChI=1S/C18H24N4/c1-14-12-18(21-15(2)20-14)19-13-16-8-4-5-9-17(16)22-10-6-3-7-11-22/h4-5,8-9,12H,3,6-7,10-11,13H2,1-2H3,(H,19,20,21). The Hall–Kier alpha value is -2.10. The molecule has 1 aliphatic rings. The van der Waals surface area contributed by atoms with Crippen LogP contribution in [0.2, 0.25) is 0 Å². The van der Waals surface area contributed by atoms with E-state index in [1.165, 1.54) is 43.6 Å². The van der Waals surface area contributed by atoms with Gasteiger partial charge >= 0.3 is 0 Å². The summed E-state index contributed by atoms with van der Waals surface area (Å²) < 4.78 is 0. The number of hydrogen-bond donors (Lipinski definition) is 1. The first-order valence-corrected chi connectivity index (χ1v) is 8.11. The SMILES string of the molecule is Cc1cc(NCc2ccccc2N2CCCCC2)nc(C)n1. The van der Waals surface area contributed by atoms with E-state index in [1.54, 1.807) is 0 Å². The first-order chi connectivity index (χ1) is 10.7. The van der Waals surface area contributed by atoms with Gasteiger partial charge in [-0.3, -0.25) is 0 Å². The number of anilines is 2. The second-order valence-corrected chi connectivity index (χ2v) is 5.97. The smallest absolute Gasteiger partial charge is 0.130 e. The molecule has 116 valence electrons. The van der Waals surface area contributed by atoms with Gasteiger partial charge in [0.1, 0.15) is 11.6 Å². The minimum Gasteiger partial charge on any atom is -0.371 e. The Morgan fingerprint density at radius 3 is 2.59 bits per heavy atom. The summed E-state index contributed by atoms with van der Waals surface area (Å²) in [4.78, 5) is 11.3. The summed E-state index contributed by atoms with van der Waals surface area (Å²) in [5, 5.41) is 3.44. The minimum atomic E-state index is 0.794.